The minimum atomic E-state index is -3.44. The molecular weight excluding hydrogens is 466 g/mol. The molecule has 3 aromatic rings. The molecule has 178 valence electrons. The highest BCUT2D eigenvalue weighted by Crippen LogP contribution is 2.26. The average molecular weight is 490 g/mol. The maximum absolute atomic E-state index is 13.3. The Morgan fingerprint density at radius 2 is 1.66 bits per heavy atom. The van der Waals surface area contributed by atoms with Gasteiger partial charge in [0.2, 0.25) is 5.91 Å². The number of sulfone groups is 1. The Morgan fingerprint density at radius 3 is 2.29 bits per heavy atom. The molecule has 1 atom stereocenters. The van der Waals surface area contributed by atoms with Gasteiger partial charge in [-0.2, -0.15) is 0 Å². The van der Waals surface area contributed by atoms with Crippen LogP contribution in [0.3, 0.4) is 0 Å². The molecule has 0 fully saturated rings. The van der Waals surface area contributed by atoms with Crippen LogP contribution in [-0.2, 0) is 14.6 Å². The number of nitrogens with zero attached hydrogens (tertiary/aromatic N) is 2. The normalized spacial score (nSPS) is 14.3. The molecule has 0 radical (unpaired) electrons. The number of pyridine rings is 1. The van der Waals surface area contributed by atoms with Gasteiger partial charge in [0.05, 0.1) is 22.6 Å². The van der Waals surface area contributed by atoms with Gasteiger partial charge in [0.25, 0.3) is 11.8 Å². The first kappa shape index (κ1) is 24.0. The van der Waals surface area contributed by atoms with Crippen molar-refractivity contribution < 1.29 is 22.8 Å². The van der Waals surface area contributed by atoms with E-state index in [1.54, 1.807) is 36.5 Å². The lowest BCUT2D eigenvalue weighted by molar-refractivity contribution is -0.120. The fourth-order valence-corrected chi connectivity index (χ4v) is 4.45. The van der Waals surface area contributed by atoms with Gasteiger partial charge >= 0.3 is 0 Å². The number of imide groups is 1. The lowest BCUT2D eigenvalue weighted by atomic mass is 10.1. The van der Waals surface area contributed by atoms with Crippen LogP contribution >= 0.6 is 0 Å². The van der Waals surface area contributed by atoms with Gasteiger partial charge in [-0.15, -0.1) is 0 Å². The number of carbonyl (C=O) groups excluding carboxylic acids is 3. The van der Waals surface area contributed by atoms with Crippen molar-refractivity contribution in [3.63, 3.8) is 0 Å². The molecule has 2 aromatic carbocycles. The molecule has 1 aliphatic heterocycles. The van der Waals surface area contributed by atoms with Crippen molar-refractivity contribution in [2.24, 2.45) is 0 Å². The number of amides is 3. The Kier molecular flexibility index (Phi) is 6.88. The molecular formula is C26H23N3O5S. The van der Waals surface area contributed by atoms with Gasteiger partial charge in [0.1, 0.15) is 15.9 Å². The number of hydrogen-bond donors (Lipinski definition) is 1. The predicted molar refractivity (Wildman–Crippen MR) is 133 cm³/mol. The van der Waals surface area contributed by atoms with Crippen LogP contribution in [0.4, 0.5) is 5.69 Å². The van der Waals surface area contributed by atoms with Crippen molar-refractivity contribution in [1.82, 2.24) is 9.88 Å². The summed E-state index contributed by atoms with van der Waals surface area (Å²) in [7, 11) is -3.44. The number of carbonyl (C=O) groups is 3. The summed E-state index contributed by atoms with van der Waals surface area (Å²) in [6.45, 7) is 0. The van der Waals surface area contributed by atoms with Crippen LogP contribution < -0.4 is 5.32 Å². The van der Waals surface area contributed by atoms with Crippen molar-refractivity contribution in [3.8, 4) is 0 Å². The van der Waals surface area contributed by atoms with Crippen LogP contribution in [0.15, 0.2) is 72.9 Å². The Balaban J connectivity index is 1.57. The summed E-state index contributed by atoms with van der Waals surface area (Å²) in [5.74, 6) is -2.24. The number of aromatic nitrogens is 1. The van der Waals surface area contributed by atoms with E-state index in [0.717, 1.165) is 22.4 Å². The van der Waals surface area contributed by atoms with E-state index in [4.69, 9.17) is 0 Å². The van der Waals surface area contributed by atoms with E-state index in [1.807, 2.05) is 36.4 Å². The smallest absolute Gasteiger partial charge is 0.262 e. The Morgan fingerprint density at radius 1 is 0.971 bits per heavy atom. The largest absolute Gasteiger partial charge is 0.324 e. The molecule has 4 rings (SSSR count). The summed E-state index contributed by atoms with van der Waals surface area (Å²) in [6.07, 6.45) is 6.18. The molecule has 0 bridgehead atoms. The third kappa shape index (κ3) is 5.70. The first-order chi connectivity index (χ1) is 16.7. The molecule has 3 amide bonds. The zero-order chi connectivity index (χ0) is 25.0. The van der Waals surface area contributed by atoms with Gasteiger partial charge in [0.15, 0.2) is 0 Å². The second-order valence-electron chi connectivity index (χ2n) is 8.16. The third-order valence-corrected chi connectivity index (χ3v) is 6.47. The molecule has 0 spiro atoms. The quantitative estimate of drug-likeness (QED) is 0.486. The van der Waals surface area contributed by atoms with Gasteiger partial charge in [0, 0.05) is 18.1 Å². The highest BCUT2D eigenvalue weighted by atomic mass is 32.2. The first-order valence-electron chi connectivity index (χ1n) is 10.9. The lowest BCUT2D eigenvalue weighted by Crippen LogP contribution is -2.48. The summed E-state index contributed by atoms with van der Waals surface area (Å²) in [5.41, 5.74) is 2.39. The maximum atomic E-state index is 13.3. The highest BCUT2D eigenvalue weighted by molar-refractivity contribution is 7.90. The molecule has 1 aromatic heterocycles. The van der Waals surface area contributed by atoms with E-state index in [-0.39, 0.29) is 23.3 Å². The molecule has 8 nitrogen and oxygen atoms in total. The summed E-state index contributed by atoms with van der Waals surface area (Å²) < 4.78 is 23.6. The molecule has 0 saturated heterocycles. The van der Waals surface area contributed by atoms with E-state index < -0.39 is 33.6 Å². The third-order valence-electron chi connectivity index (χ3n) is 5.49. The zero-order valence-electron chi connectivity index (χ0n) is 18.9. The van der Waals surface area contributed by atoms with Gasteiger partial charge in [-0.3, -0.25) is 24.3 Å². The number of fused-ring (bicyclic) bond motifs is 1. The SMILES string of the molecule is CS(=O)(=O)CCC(C(=O)Nc1cccc(C=Cc2ccccn2)c1)N1C(=O)c2ccccc2C1=O. The first-order valence-corrected chi connectivity index (χ1v) is 12.9. The number of anilines is 1. The van der Waals surface area contributed by atoms with E-state index >= 15 is 0 Å². The summed E-state index contributed by atoms with van der Waals surface area (Å²) in [5, 5.41) is 2.73. The van der Waals surface area contributed by atoms with Crippen LogP contribution in [0.25, 0.3) is 12.2 Å². The topological polar surface area (TPSA) is 114 Å². The van der Waals surface area contributed by atoms with Crippen molar-refractivity contribution >= 4 is 45.4 Å². The van der Waals surface area contributed by atoms with Crippen LogP contribution in [0.1, 0.15) is 38.4 Å². The fraction of sp³-hybridized carbons (Fsp3) is 0.154. The van der Waals surface area contributed by atoms with Crippen molar-refractivity contribution in [2.75, 3.05) is 17.3 Å². The number of nitrogens with one attached hydrogen (secondary N) is 1. The van der Waals surface area contributed by atoms with Crippen LogP contribution in [0.2, 0.25) is 0 Å². The molecule has 9 heteroatoms. The van der Waals surface area contributed by atoms with E-state index in [0.29, 0.717) is 5.69 Å². The standard InChI is InChI=1S/C26H23N3O5S/c1-35(33,34)16-14-23(29-25(31)21-10-2-3-11-22(21)26(29)32)24(30)28-20-9-6-7-18(17-20)12-13-19-8-4-5-15-27-19/h2-13,15,17,23H,14,16H2,1H3,(H,28,30). The zero-order valence-corrected chi connectivity index (χ0v) is 19.7. The summed E-state index contributed by atoms with van der Waals surface area (Å²) in [6, 6.07) is 17.5. The number of hydrogen-bond acceptors (Lipinski definition) is 6. The second-order valence-corrected chi connectivity index (χ2v) is 10.4. The summed E-state index contributed by atoms with van der Waals surface area (Å²) in [4.78, 5) is 44.3. The van der Waals surface area contributed by atoms with E-state index in [9.17, 15) is 22.8 Å². The fourth-order valence-electron chi connectivity index (χ4n) is 3.80. The molecule has 0 aliphatic carbocycles. The average Bonchev–Trinajstić information content (AvgIpc) is 3.09. The van der Waals surface area contributed by atoms with Crippen molar-refractivity contribution in [3.05, 3.63) is 95.3 Å². The van der Waals surface area contributed by atoms with Gasteiger partial charge in [-0.05, 0) is 54.5 Å². The Labute approximate surface area is 203 Å². The molecule has 1 aliphatic rings. The Hall–Kier alpha value is -4.11. The molecule has 35 heavy (non-hydrogen) atoms. The van der Waals surface area contributed by atoms with Gasteiger partial charge < -0.3 is 5.32 Å². The van der Waals surface area contributed by atoms with Crippen LogP contribution in [-0.4, -0.2) is 54.1 Å². The Bertz CT molecular complexity index is 1380. The minimum absolute atomic E-state index is 0.191. The highest BCUT2D eigenvalue weighted by Gasteiger charge is 2.42. The summed E-state index contributed by atoms with van der Waals surface area (Å²) >= 11 is 0. The molecule has 1 unspecified atom stereocenters. The minimum Gasteiger partial charge on any atom is -0.324 e. The van der Waals surface area contributed by atoms with Crippen molar-refractivity contribution in [1.29, 1.82) is 0 Å². The van der Waals surface area contributed by atoms with Crippen LogP contribution in [0, 0.1) is 0 Å². The van der Waals surface area contributed by atoms with Crippen LogP contribution in [0.5, 0.6) is 0 Å². The molecule has 2 heterocycles. The van der Waals surface area contributed by atoms with E-state index in [1.165, 1.54) is 12.1 Å². The lowest BCUT2D eigenvalue weighted by Gasteiger charge is -2.25. The van der Waals surface area contributed by atoms with Gasteiger partial charge in [-0.1, -0.05) is 36.4 Å². The van der Waals surface area contributed by atoms with Crippen molar-refractivity contribution in [2.45, 2.75) is 12.5 Å². The number of rotatable bonds is 8. The molecule has 1 N–H and O–H groups in total. The molecule has 0 saturated carbocycles. The predicted octanol–water partition coefficient (Wildman–Crippen LogP) is 3.29. The number of benzene rings is 2. The maximum Gasteiger partial charge on any atom is 0.262 e. The second kappa shape index (κ2) is 10.0. The van der Waals surface area contributed by atoms with E-state index in [2.05, 4.69) is 10.3 Å². The monoisotopic (exact) mass is 489 g/mol. The van der Waals surface area contributed by atoms with Gasteiger partial charge in [-0.25, -0.2) is 8.42 Å².